The molecule has 0 unspecified atom stereocenters. The van der Waals surface area contributed by atoms with Crippen molar-refractivity contribution in [3.63, 3.8) is 0 Å². The summed E-state index contributed by atoms with van der Waals surface area (Å²) in [6, 6.07) is 1.55. The summed E-state index contributed by atoms with van der Waals surface area (Å²) in [5.41, 5.74) is 0.592. The highest BCUT2D eigenvalue weighted by Crippen LogP contribution is 2.20. The molecule has 1 aromatic rings. The van der Waals surface area contributed by atoms with E-state index in [1.165, 1.54) is 12.3 Å². The van der Waals surface area contributed by atoms with Crippen molar-refractivity contribution in [2.75, 3.05) is 11.5 Å². The molecule has 0 aromatic carbocycles. The van der Waals surface area contributed by atoms with Gasteiger partial charge >= 0.3 is 0 Å². The minimum absolute atomic E-state index is 0.0361. The molecule has 0 radical (unpaired) electrons. The summed E-state index contributed by atoms with van der Waals surface area (Å²) in [4.78, 5) is 0.229. The van der Waals surface area contributed by atoms with Gasteiger partial charge in [0.05, 0.1) is 11.5 Å². The van der Waals surface area contributed by atoms with Gasteiger partial charge in [-0.25, -0.2) is 13.1 Å². The van der Waals surface area contributed by atoms with E-state index in [1.807, 2.05) is 11.8 Å². The summed E-state index contributed by atoms with van der Waals surface area (Å²) in [5, 5.41) is 9.08. The van der Waals surface area contributed by atoms with Crippen molar-refractivity contribution in [1.29, 1.82) is 0 Å². The highest BCUT2D eigenvalue weighted by molar-refractivity contribution is 7.99. The maximum atomic E-state index is 12.2. The smallest absolute Gasteiger partial charge is 0.242 e. The summed E-state index contributed by atoms with van der Waals surface area (Å²) in [7, 11) is -1.74. The maximum absolute atomic E-state index is 12.2. The third kappa shape index (κ3) is 3.09. The lowest BCUT2D eigenvalue weighted by molar-refractivity contribution is 0.272. The third-order valence-corrected chi connectivity index (χ3v) is 5.63. The number of aromatic nitrogens is 1. The van der Waals surface area contributed by atoms with E-state index in [4.69, 9.17) is 5.11 Å². The highest BCUT2D eigenvalue weighted by atomic mass is 32.2. The molecular weight excluding hydrogens is 272 g/mol. The molecule has 2 heterocycles. The van der Waals surface area contributed by atoms with Gasteiger partial charge in [-0.3, -0.25) is 0 Å². The van der Waals surface area contributed by atoms with E-state index in [9.17, 15) is 8.42 Å². The van der Waals surface area contributed by atoms with Crippen molar-refractivity contribution in [1.82, 2.24) is 9.29 Å². The van der Waals surface area contributed by atoms with Crippen LogP contribution in [-0.2, 0) is 23.7 Å². The van der Waals surface area contributed by atoms with Gasteiger partial charge in [-0.15, -0.1) is 0 Å². The minimum atomic E-state index is -3.46. The molecule has 2 rings (SSSR count). The molecule has 102 valence electrons. The highest BCUT2D eigenvalue weighted by Gasteiger charge is 2.23. The summed E-state index contributed by atoms with van der Waals surface area (Å²) >= 11 is 1.86. The fourth-order valence-electron chi connectivity index (χ4n) is 1.98. The van der Waals surface area contributed by atoms with E-state index in [0.717, 1.165) is 24.3 Å². The van der Waals surface area contributed by atoms with Gasteiger partial charge < -0.3 is 9.67 Å². The lowest BCUT2D eigenvalue weighted by Gasteiger charge is -2.21. The number of nitrogens with one attached hydrogen (secondary N) is 1. The van der Waals surface area contributed by atoms with E-state index in [0.29, 0.717) is 5.69 Å². The van der Waals surface area contributed by atoms with Crippen LogP contribution in [-0.4, -0.2) is 35.6 Å². The molecule has 7 heteroatoms. The minimum Gasteiger partial charge on any atom is -0.390 e. The molecule has 0 spiro atoms. The van der Waals surface area contributed by atoms with Crippen molar-refractivity contribution in [3.05, 3.63) is 18.0 Å². The number of rotatable bonds is 4. The molecule has 2 N–H and O–H groups in total. The fraction of sp³-hybridized carbons (Fsp3) is 0.636. The molecule has 5 nitrogen and oxygen atoms in total. The van der Waals surface area contributed by atoms with Gasteiger partial charge in [-0.1, -0.05) is 0 Å². The topological polar surface area (TPSA) is 71.3 Å². The number of aryl methyl sites for hydroxylation is 1. The second kappa shape index (κ2) is 5.64. The average molecular weight is 290 g/mol. The molecule has 1 aliphatic heterocycles. The third-order valence-electron chi connectivity index (χ3n) is 3.10. The Labute approximate surface area is 112 Å². The van der Waals surface area contributed by atoms with Crippen LogP contribution in [0.1, 0.15) is 18.5 Å². The molecule has 1 saturated heterocycles. The Morgan fingerprint density at radius 3 is 2.72 bits per heavy atom. The Balaban J connectivity index is 2.13. The van der Waals surface area contributed by atoms with Gasteiger partial charge in [0.15, 0.2) is 0 Å². The summed E-state index contributed by atoms with van der Waals surface area (Å²) in [6.07, 6.45) is 3.29. The lowest BCUT2D eigenvalue weighted by Crippen LogP contribution is -2.37. The zero-order chi connectivity index (χ0) is 13.2. The van der Waals surface area contributed by atoms with Crippen molar-refractivity contribution >= 4 is 21.8 Å². The normalized spacial score (nSPS) is 18.1. The van der Waals surface area contributed by atoms with Crippen LogP contribution in [0, 0.1) is 0 Å². The predicted molar refractivity (Wildman–Crippen MR) is 72.0 cm³/mol. The second-order valence-electron chi connectivity index (χ2n) is 4.44. The van der Waals surface area contributed by atoms with Gasteiger partial charge in [0.25, 0.3) is 0 Å². The van der Waals surface area contributed by atoms with Crippen LogP contribution in [0.4, 0.5) is 0 Å². The van der Waals surface area contributed by atoms with Gasteiger partial charge in [0.1, 0.15) is 0 Å². The number of hydrogen-bond donors (Lipinski definition) is 2. The number of nitrogens with zero attached hydrogens (tertiary/aromatic N) is 1. The van der Waals surface area contributed by atoms with Gasteiger partial charge in [0, 0.05) is 25.0 Å². The van der Waals surface area contributed by atoms with Crippen molar-refractivity contribution < 1.29 is 13.5 Å². The van der Waals surface area contributed by atoms with E-state index in [1.54, 1.807) is 11.6 Å². The summed E-state index contributed by atoms with van der Waals surface area (Å²) in [6.45, 7) is -0.161. The number of sulfonamides is 1. The average Bonchev–Trinajstić information content (AvgIpc) is 2.72. The number of aliphatic hydroxyl groups is 1. The molecule has 0 saturated carbocycles. The van der Waals surface area contributed by atoms with Crippen LogP contribution in [0.3, 0.4) is 0 Å². The van der Waals surface area contributed by atoms with Gasteiger partial charge in [-0.05, 0) is 30.4 Å². The van der Waals surface area contributed by atoms with Crippen LogP contribution in [0.5, 0.6) is 0 Å². The largest absolute Gasteiger partial charge is 0.390 e. The molecule has 1 aromatic heterocycles. The van der Waals surface area contributed by atoms with E-state index in [-0.39, 0.29) is 17.5 Å². The van der Waals surface area contributed by atoms with Crippen LogP contribution in [0.15, 0.2) is 17.2 Å². The van der Waals surface area contributed by atoms with Crippen LogP contribution < -0.4 is 4.72 Å². The molecule has 0 atom stereocenters. The van der Waals surface area contributed by atoms with Gasteiger partial charge in [-0.2, -0.15) is 11.8 Å². The predicted octanol–water partition coefficient (Wildman–Crippen LogP) is 0.691. The summed E-state index contributed by atoms with van der Waals surface area (Å²) in [5.74, 6) is 2.01. The molecule has 1 aliphatic rings. The molecule has 0 amide bonds. The Morgan fingerprint density at radius 1 is 1.50 bits per heavy atom. The first kappa shape index (κ1) is 13.9. The zero-order valence-corrected chi connectivity index (χ0v) is 11.9. The zero-order valence-electron chi connectivity index (χ0n) is 10.3. The van der Waals surface area contributed by atoms with Gasteiger partial charge in [0.2, 0.25) is 10.0 Å². The molecule has 18 heavy (non-hydrogen) atoms. The number of thioether (sulfide) groups is 1. The van der Waals surface area contributed by atoms with Crippen LogP contribution in [0.25, 0.3) is 0 Å². The van der Waals surface area contributed by atoms with Crippen molar-refractivity contribution in [2.24, 2.45) is 7.05 Å². The maximum Gasteiger partial charge on any atom is 0.242 e. The Bertz CT molecular complexity index is 504. The molecular formula is C11H18N2O3S2. The first-order valence-electron chi connectivity index (χ1n) is 5.89. The number of hydrogen-bond acceptors (Lipinski definition) is 4. The summed E-state index contributed by atoms with van der Waals surface area (Å²) < 4.78 is 28.7. The molecule has 1 fully saturated rings. The molecule has 0 bridgehead atoms. The Kier molecular flexibility index (Phi) is 4.37. The SMILES string of the molecule is Cn1cc(S(=O)(=O)NC2CCSCC2)cc1CO. The second-order valence-corrected chi connectivity index (χ2v) is 7.38. The quantitative estimate of drug-likeness (QED) is 0.856. The van der Waals surface area contributed by atoms with Crippen molar-refractivity contribution in [3.8, 4) is 0 Å². The number of aliphatic hydroxyl groups excluding tert-OH is 1. The fourth-order valence-corrected chi connectivity index (χ4v) is 4.49. The lowest BCUT2D eigenvalue weighted by atomic mass is 10.2. The van der Waals surface area contributed by atoms with E-state index >= 15 is 0 Å². The Hall–Kier alpha value is -0.500. The Morgan fingerprint density at radius 2 is 2.17 bits per heavy atom. The van der Waals surface area contributed by atoms with Crippen LogP contribution in [0.2, 0.25) is 0 Å². The standard InChI is InChI=1S/C11H18N2O3S2/c1-13-7-11(6-10(13)8-14)18(15,16)12-9-2-4-17-5-3-9/h6-7,9,12,14H,2-5,8H2,1H3. The monoisotopic (exact) mass is 290 g/mol. The van der Waals surface area contributed by atoms with Crippen molar-refractivity contribution in [2.45, 2.75) is 30.4 Å². The first-order valence-corrected chi connectivity index (χ1v) is 8.53. The van der Waals surface area contributed by atoms with E-state index in [2.05, 4.69) is 4.72 Å². The first-order chi connectivity index (χ1) is 8.53. The van der Waals surface area contributed by atoms with E-state index < -0.39 is 10.0 Å². The molecule has 0 aliphatic carbocycles. The van der Waals surface area contributed by atoms with Crippen LogP contribution >= 0.6 is 11.8 Å².